The molecule has 0 spiro atoms. The molecule has 0 radical (unpaired) electrons. The molecular weight excluding hydrogens is 289 g/mol. The third-order valence-electron chi connectivity index (χ3n) is 3.83. The molecule has 0 unspecified atom stereocenters. The van der Waals surface area contributed by atoms with Gasteiger partial charge in [-0.05, 0) is 43.2 Å². The number of hydrogen-bond acceptors (Lipinski definition) is 2. The van der Waals surface area contributed by atoms with Gasteiger partial charge in [-0.25, -0.2) is 9.37 Å². The van der Waals surface area contributed by atoms with Gasteiger partial charge >= 0.3 is 0 Å². The molecule has 21 heavy (non-hydrogen) atoms. The summed E-state index contributed by atoms with van der Waals surface area (Å²) in [6, 6.07) is 10.4. The molecule has 5 heteroatoms. The van der Waals surface area contributed by atoms with E-state index >= 15 is 0 Å². The number of halogens is 2. The van der Waals surface area contributed by atoms with Crippen molar-refractivity contribution in [1.82, 2.24) is 9.55 Å². The molecule has 0 atom stereocenters. The van der Waals surface area contributed by atoms with Crippen molar-refractivity contribution in [3.8, 4) is 11.4 Å². The largest absolute Gasteiger partial charge is 0.398 e. The smallest absolute Gasteiger partial charge is 0.144 e. The van der Waals surface area contributed by atoms with Gasteiger partial charge in [-0.15, -0.1) is 0 Å². The summed E-state index contributed by atoms with van der Waals surface area (Å²) in [5.74, 6) is 0.462. The van der Waals surface area contributed by atoms with Crippen molar-refractivity contribution in [3.63, 3.8) is 0 Å². The highest BCUT2D eigenvalue weighted by atomic mass is 35.5. The van der Waals surface area contributed by atoms with Crippen LogP contribution in [0.15, 0.2) is 36.4 Å². The minimum absolute atomic E-state index is 0.261. The summed E-state index contributed by atoms with van der Waals surface area (Å²) in [4.78, 5) is 4.64. The number of benzene rings is 2. The monoisotopic (exact) mass is 301 g/mol. The lowest BCUT2D eigenvalue weighted by atomic mass is 10.1. The standard InChI is InChI=1S/C16H13ClFN3/c17-11-2-1-3-12(19)15(11)16-20-13-7-4-9(18)8-14(13)21(16)10-5-6-10/h1-4,7-8,10H,5-6,19H2. The molecule has 106 valence electrons. The minimum atomic E-state index is -0.261. The van der Waals surface area contributed by atoms with Crippen molar-refractivity contribution in [2.45, 2.75) is 18.9 Å². The third kappa shape index (κ3) is 1.98. The summed E-state index contributed by atoms with van der Waals surface area (Å²) in [5.41, 5.74) is 8.95. The van der Waals surface area contributed by atoms with Crippen LogP contribution in [-0.4, -0.2) is 9.55 Å². The maximum atomic E-state index is 13.6. The summed E-state index contributed by atoms with van der Waals surface area (Å²) in [7, 11) is 0. The highest BCUT2D eigenvalue weighted by Gasteiger charge is 2.30. The van der Waals surface area contributed by atoms with E-state index in [9.17, 15) is 4.39 Å². The first-order valence-corrected chi connectivity index (χ1v) is 7.25. The van der Waals surface area contributed by atoms with Gasteiger partial charge in [0.05, 0.1) is 21.6 Å². The maximum Gasteiger partial charge on any atom is 0.144 e. The van der Waals surface area contributed by atoms with Crippen LogP contribution >= 0.6 is 11.6 Å². The Bertz CT molecular complexity index is 832. The van der Waals surface area contributed by atoms with E-state index in [0.29, 0.717) is 16.8 Å². The zero-order valence-electron chi connectivity index (χ0n) is 11.2. The second-order valence-corrected chi connectivity index (χ2v) is 5.78. The molecule has 0 saturated heterocycles. The molecule has 0 bridgehead atoms. The molecule has 0 amide bonds. The second kappa shape index (κ2) is 4.46. The summed E-state index contributed by atoms with van der Waals surface area (Å²) < 4.78 is 15.6. The van der Waals surface area contributed by atoms with Crippen LogP contribution in [-0.2, 0) is 0 Å². The molecular formula is C16H13ClFN3. The van der Waals surface area contributed by atoms with Crippen molar-refractivity contribution >= 4 is 28.3 Å². The summed E-state index contributed by atoms with van der Waals surface area (Å²) >= 11 is 6.31. The highest BCUT2D eigenvalue weighted by Crippen LogP contribution is 2.43. The molecule has 1 aliphatic rings. The quantitative estimate of drug-likeness (QED) is 0.712. The first kappa shape index (κ1) is 12.7. The SMILES string of the molecule is Nc1cccc(Cl)c1-c1nc2ccc(F)cc2n1C1CC1. The van der Waals surface area contributed by atoms with Gasteiger partial charge < -0.3 is 10.3 Å². The number of rotatable bonds is 2. The fourth-order valence-corrected chi connectivity index (χ4v) is 2.99. The molecule has 2 N–H and O–H groups in total. The van der Waals surface area contributed by atoms with E-state index in [1.54, 1.807) is 18.2 Å². The first-order chi connectivity index (χ1) is 10.1. The number of nitrogen functional groups attached to an aromatic ring is 1. The fourth-order valence-electron chi connectivity index (χ4n) is 2.72. The predicted molar refractivity (Wildman–Crippen MR) is 82.8 cm³/mol. The Balaban J connectivity index is 2.07. The lowest BCUT2D eigenvalue weighted by molar-refractivity contribution is 0.628. The molecule has 1 fully saturated rings. The van der Waals surface area contributed by atoms with E-state index in [1.165, 1.54) is 12.1 Å². The molecule has 4 rings (SSSR count). The van der Waals surface area contributed by atoms with Crippen molar-refractivity contribution < 1.29 is 4.39 Å². The average Bonchev–Trinajstić information content (AvgIpc) is 3.21. The Morgan fingerprint density at radius 2 is 2.05 bits per heavy atom. The van der Waals surface area contributed by atoms with E-state index in [4.69, 9.17) is 17.3 Å². The third-order valence-corrected chi connectivity index (χ3v) is 4.15. The Hall–Kier alpha value is -2.07. The van der Waals surface area contributed by atoms with Crippen molar-refractivity contribution in [3.05, 3.63) is 47.2 Å². The number of nitrogens with zero attached hydrogens (tertiary/aromatic N) is 2. The predicted octanol–water partition coefficient (Wildman–Crippen LogP) is 4.41. The fraction of sp³-hybridized carbons (Fsp3) is 0.188. The Morgan fingerprint density at radius 1 is 1.24 bits per heavy atom. The molecule has 3 aromatic rings. The van der Waals surface area contributed by atoms with Gasteiger partial charge in [-0.2, -0.15) is 0 Å². The molecule has 2 aromatic carbocycles. The van der Waals surface area contributed by atoms with E-state index in [-0.39, 0.29) is 5.82 Å². The Kier molecular flexibility index (Phi) is 2.69. The van der Waals surface area contributed by atoms with E-state index in [2.05, 4.69) is 9.55 Å². The van der Waals surface area contributed by atoms with Gasteiger partial charge in [0.25, 0.3) is 0 Å². The average molecular weight is 302 g/mol. The number of fused-ring (bicyclic) bond motifs is 1. The zero-order chi connectivity index (χ0) is 14.6. The van der Waals surface area contributed by atoms with Crippen LogP contribution in [0.1, 0.15) is 18.9 Å². The molecule has 3 nitrogen and oxygen atoms in total. The Morgan fingerprint density at radius 3 is 2.76 bits per heavy atom. The first-order valence-electron chi connectivity index (χ1n) is 6.87. The molecule has 1 aliphatic carbocycles. The van der Waals surface area contributed by atoms with E-state index in [0.717, 1.165) is 35.3 Å². The van der Waals surface area contributed by atoms with E-state index < -0.39 is 0 Å². The molecule has 1 aromatic heterocycles. The number of hydrogen-bond donors (Lipinski definition) is 1. The number of imidazole rings is 1. The number of aromatic nitrogens is 2. The summed E-state index contributed by atoms with van der Waals surface area (Å²) in [6.45, 7) is 0. The van der Waals surface area contributed by atoms with Crippen LogP contribution in [0.3, 0.4) is 0 Å². The lowest BCUT2D eigenvalue weighted by Crippen LogP contribution is -2.00. The molecule has 0 aliphatic heterocycles. The Labute approximate surface area is 126 Å². The summed E-state index contributed by atoms with van der Waals surface area (Å²) in [5, 5.41) is 0.563. The van der Waals surface area contributed by atoms with Gasteiger partial charge in [0, 0.05) is 11.7 Å². The van der Waals surface area contributed by atoms with Crippen molar-refractivity contribution in [2.24, 2.45) is 0 Å². The number of nitrogens with two attached hydrogens (primary N) is 1. The van der Waals surface area contributed by atoms with Crippen LogP contribution in [0.25, 0.3) is 22.4 Å². The molecule has 1 saturated carbocycles. The van der Waals surface area contributed by atoms with Gasteiger partial charge in [0.1, 0.15) is 11.6 Å². The highest BCUT2D eigenvalue weighted by molar-refractivity contribution is 6.33. The van der Waals surface area contributed by atoms with Crippen LogP contribution < -0.4 is 5.73 Å². The lowest BCUT2D eigenvalue weighted by Gasteiger charge is -2.11. The second-order valence-electron chi connectivity index (χ2n) is 5.37. The van der Waals surface area contributed by atoms with Crippen LogP contribution in [0.4, 0.5) is 10.1 Å². The van der Waals surface area contributed by atoms with Gasteiger partial charge in [-0.1, -0.05) is 17.7 Å². The van der Waals surface area contributed by atoms with Crippen molar-refractivity contribution in [1.29, 1.82) is 0 Å². The van der Waals surface area contributed by atoms with Crippen LogP contribution in [0.5, 0.6) is 0 Å². The van der Waals surface area contributed by atoms with Crippen molar-refractivity contribution in [2.75, 3.05) is 5.73 Å². The van der Waals surface area contributed by atoms with Crippen LogP contribution in [0.2, 0.25) is 5.02 Å². The maximum absolute atomic E-state index is 13.6. The zero-order valence-corrected chi connectivity index (χ0v) is 11.9. The molecule has 1 heterocycles. The van der Waals surface area contributed by atoms with E-state index in [1.807, 2.05) is 6.07 Å². The normalized spacial score (nSPS) is 14.8. The minimum Gasteiger partial charge on any atom is -0.398 e. The summed E-state index contributed by atoms with van der Waals surface area (Å²) in [6.07, 6.45) is 2.14. The van der Waals surface area contributed by atoms with Gasteiger partial charge in [-0.3, -0.25) is 0 Å². The van der Waals surface area contributed by atoms with Gasteiger partial charge in [0.15, 0.2) is 0 Å². The van der Waals surface area contributed by atoms with Gasteiger partial charge in [0.2, 0.25) is 0 Å². The number of anilines is 1. The topological polar surface area (TPSA) is 43.8 Å². The van der Waals surface area contributed by atoms with Crippen LogP contribution in [0, 0.1) is 5.82 Å².